The van der Waals surface area contributed by atoms with E-state index in [0.717, 1.165) is 25.7 Å². The molecule has 0 radical (unpaired) electrons. The summed E-state index contributed by atoms with van der Waals surface area (Å²) in [5.74, 6) is -1.78. The van der Waals surface area contributed by atoms with Crippen LogP contribution in [0.15, 0.2) is 40.5 Å². The number of sulfonamides is 1. The van der Waals surface area contributed by atoms with E-state index in [9.17, 15) is 23.1 Å². The molecule has 1 aromatic carbocycles. The number of aliphatic hydroxyl groups is 1. The van der Waals surface area contributed by atoms with Gasteiger partial charge in [-0.3, -0.25) is 4.79 Å². The Kier molecular flexibility index (Phi) is 7.69. The van der Waals surface area contributed by atoms with Crippen molar-refractivity contribution in [1.29, 1.82) is 5.41 Å². The minimum Gasteiger partial charge on any atom is -0.508 e. The topological polar surface area (TPSA) is 125 Å². The van der Waals surface area contributed by atoms with E-state index in [0.29, 0.717) is 13.1 Å². The van der Waals surface area contributed by atoms with E-state index in [2.05, 4.69) is 0 Å². The van der Waals surface area contributed by atoms with Gasteiger partial charge in [0.1, 0.15) is 12.4 Å². The number of benzene rings is 1. The minimum atomic E-state index is -3.61. The molecule has 2 N–H and O–H groups in total. The van der Waals surface area contributed by atoms with Crippen molar-refractivity contribution in [3.05, 3.63) is 41.2 Å². The van der Waals surface area contributed by atoms with Crippen LogP contribution in [0.5, 0.6) is 0 Å². The summed E-state index contributed by atoms with van der Waals surface area (Å²) in [5, 5.41) is 17.4. The van der Waals surface area contributed by atoms with Crippen LogP contribution in [0.4, 0.5) is 0 Å². The molecule has 1 aromatic rings. The Balaban J connectivity index is 2.09. The van der Waals surface area contributed by atoms with Crippen LogP contribution < -0.4 is 0 Å². The second kappa shape index (κ2) is 9.80. The van der Waals surface area contributed by atoms with Crippen molar-refractivity contribution >= 4 is 27.5 Å². The summed E-state index contributed by atoms with van der Waals surface area (Å²) < 4.78 is 32.0. The number of ketones is 1. The van der Waals surface area contributed by atoms with Crippen molar-refractivity contribution < 1.29 is 27.9 Å². The van der Waals surface area contributed by atoms with Gasteiger partial charge in [-0.15, -0.1) is 0 Å². The zero-order valence-corrected chi connectivity index (χ0v) is 17.4. The molecule has 0 saturated carbocycles. The molecule has 0 bridgehead atoms. The molecule has 1 fully saturated rings. The van der Waals surface area contributed by atoms with Gasteiger partial charge in [-0.1, -0.05) is 12.8 Å². The number of esters is 1. The summed E-state index contributed by atoms with van der Waals surface area (Å²) in [5.41, 5.74) is -0.214. The van der Waals surface area contributed by atoms with Crippen LogP contribution >= 0.6 is 0 Å². The maximum atomic E-state index is 12.8. The molecule has 1 heterocycles. The van der Waals surface area contributed by atoms with Crippen LogP contribution in [-0.2, 0) is 19.6 Å². The summed E-state index contributed by atoms with van der Waals surface area (Å²) in [6.07, 6.45) is 3.69. The van der Waals surface area contributed by atoms with E-state index in [1.54, 1.807) is 0 Å². The van der Waals surface area contributed by atoms with Crippen molar-refractivity contribution in [1.82, 2.24) is 4.31 Å². The van der Waals surface area contributed by atoms with Crippen LogP contribution in [-0.4, -0.2) is 55.0 Å². The van der Waals surface area contributed by atoms with Gasteiger partial charge in [0.25, 0.3) is 0 Å². The Labute approximate surface area is 170 Å². The molecule has 2 rings (SSSR count). The number of hydrogen-bond donors (Lipinski definition) is 2. The minimum absolute atomic E-state index is 0.108. The van der Waals surface area contributed by atoms with Gasteiger partial charge in [-0.25, -0.2) is 13.2 Å². The van der Waals surface area contributed by atoms with Gasteiger partial charge in [-0.05, 0) is 51.0 Å². The lowest BCUT2D eigenvalue weighted by molar-refractivity contribution is -0.113. The number of allylic oxidation sites excluding steroid dienone is 1. The zero-order valence-electron chi connectivity index (χ0n) is 16.6. The van der Waals surface area contributed by atoms with E-state index in [1.165, 1.54) is 42.4 Å². The van der Waals surface area contributed by atoms with Gasteiger partial charge in [0.05, 0.1) is 16.0 Å². The number of rotatable bonds is 7. The summed E-state index contributed by atoms with van der Waals surface area (Å²) in [4.78, 5) is 23.7. The molecular weight excluding hydrogens is 396 g/mol. The molecule has 0 aliphatic carbocycles. The maximum absolute atomic E-state index is 12.8. The number of aliphatic hydroxyl groups excluding tert-OH is 1. The molecule has 29 heavy (non-hydrogen) atoms. The Morgan fingerprint density at radius 3 is 2.10 bits per heavy atom. The van der Waals surface area contributed by atoms with Crippen LogP contribution in [0.3, 0.4) is 0 Å². The van der Waals surface area contributed by atoms with Gasteiger partial charge in [-0.2, -0.15) is 4.31 Å². The Morgan fingerprint density at radius 1 is 1.07 bits per heavy atom. The third-order valence-electron chi connectivity index (χ3n) is 4.65. The van der Waals surface area contributed by atoms with Gasteiger partial charge in [0.15, 0.2) is 5.78 Å². The molecule has 9 heteroatoms. The molecule has 0 atom stereocenters. The average molecular weight is 423 g/mol. The molecular formula is C20H26N2O6S. The highest BCUT2D eigenvalue weighted by atomic mass is 32.2. The number of carbonyl (C=O) groups excluding carboxylic acids is 2. The molecule has 158 valence electrons. The number of carbonyl (C=O) groups is 2. The van der Waals surface area contributed by atoms with Crippen LogP contribution in [0.1, 0.15) is 49.9 Å². The van der Waals surface area contributed by atoms with Crippen molar-refractivity contribution in [3.63, 3.8) is 0 Å². The van der Waals surface area contributed by atoms with Crippen molar-refractivity contribution in [3.8, 4) is 0 Å². The fourth-order valence-electron chi connectivity index (χ4n) is 3.17. The average Bonchev–Trinajstić information content (AvgIpc) is 2.95. The lowest BCUT2D eigenvalue weighted by Crippen LogP contribution is -2.31. The Morgan fingerprint density at radius 2 is 1.62 bits per heavy atom. The van der Waals surface area contributed by atoms with Crippen molar-refractivity contribution in [2.45, 2.75) is 44.4 Å². The lowest BCUT2D eigenvalue weighted by Gasteiger charge is -2.20. The summed E-state index contributed by atoms with van der Waals surface area (Å²) in [6.45, 7) is 2.97. The second-order valence-corrected chi connectivity index (χ2v) is 8.86. The highest BCUT2D eigenvalue weighted by molar-refractivity contribution is 7.89. The van der Waals surface area contributed by atoms with Gasteiger partial charge < -0.3 is 15.3 Å². The monoisotopic (exact) mass is 422 g/mol. The lowest BCUT2D eigenvalue weighted by atomic mass is 10.1. The number of nitrogens with zero attached hydrogens (tertiary/aromatic N) is 1. The number of nitrogens with one attached hydrogen (secondary N) is 1. The fraction of sp³-hybridized carbons (Fsp3) is 0.450. The highest BCUT2D eigenvalue weighted by Gasteiger charge is 2.25. The molecule has 1 aliphatic rings. The number of Topliss-reactive ketones (excluding diaryl/α,β-unsaturated/α-hetero) is 1. The van der Waals surface area contributed by atoms with Gasteiger partial charge in [0, 0.05) is 18.8 Å². The smallest absolute Gasteiger partial charge is 0.338 e. The summed E-state index contributed by atoms with van der Waals surface area (Å²) in [6, 6.07) is 5.41. The van der Waals surface area contributed by atoms with Gasteiger partial charge in [0.2, 0.25) is 10.0 Å². The predicted octanol–water partition coefficient (Wildman–Crippen LogP) is 2.85. The first-order chi connectivity index (χ1) is 13.6. The van der Waals surface area contributed by atoms with Crippen molar-refractivity contribution in [2.75, 3.05) is 19.7 Å². The molecule has 0 amide bonds. The third-order valence-corrected chi connectivity index (χ3v) is 6.56. The van der Waals surface area contributed by atoms with E-state index >= 15 is 0 Å². The predicted molar refractivity (Wildman–Crippen MR) is 108 cm³/mol. The number of ether oxygens (including phenoxy) is 1. The first kappa shape index (κ1) is 22.8. The highest BCUT2D eigenvalue weighted by Crippen LogP contribution is 2.21. The van der Waals surface area contributed by atoms with E-state index in [-0.39, 0.29) is 21.7 Å². The molecule has 0 spiro atoms. The molecule has 0 unspecified atom stereocenters. The molecule has 1 aliphatic heterocycles. The third kappa shape index (κ3) is 5.74. The van der Waals surface area contributed by atoms with Crippen molar-refractivity contribution in [2.24, 2.45) is 0 Å². The van der Waals surface area contributed by atoms with E-state index < -0.39 is 34.1 Å². The van der Waals surface area contributed by atoms with E-state index in [4.69, 9.17) is 10.1 Å². The SMILES string of the molecule is CC(=N)/C(C(C)=O)=C(/O)COC(=O)c1ccc(S(=O)(=O)N2CCCCCC2)cc1. The zero-order chi connectivity index (χ0) is 21.6. The van der Waals surface area contributed by atoms with Gasteiger partial charge >= 0.3 is 5.97 Å². The second-order valence-electron chi connectivity index (χ2n) is 6.92. The number of hydrogen-bond acceptors (Lipinski definition) is 7. The van der Waals surface area contributed by atoms with Crippen LogP contribution in [0.2, 0.25) is 0 Å². The largest absolute Gasteiger partial charge is 0.508 e. The quantitative estimate of drug-likeness (QED) is 0.301. The Bertz CT molecular complexity index is 895. The normalized spacial score (nSPS) is 16.5. The Hall–Kier alpha value is -2.52. The first-order valence-corrected chi connectivity index (χ1v) is 10.8. The van der Waals surface area contributed by atoms with Crippen LogP contribution in [0, 0.1) is 5.41 Å². The summed E-state index contributed by atoms with van der Waals surface area (Å²) >= 11 is 0. The maximum Gasteiger partial charge on any atom is 0.338 e. The van der Waals surface area contributed by atoms with Crippen LogP contribution in [0.25, 0.3) is 0 Å². The van der Waals surface area contributed by atoms with E-state index in [1.807, 2.05) is 0 Å². The molecule has 8 nitrogen and oxygen atoms in total. The fourth-order valence-corrected chi connectivity index (χ4v) is 4.68. The first-order valence-electron chi connectivity index (χ1n) is 9.40. The summed E-state index contributed by atoms with van der Waals surface area (Å²) in [7, 11) is -3.61. The standard InChI is InChI=1S/C20H26N2O6S/c1-14(21)19(15(2)23)18(24)13-28-20(25)16-7-9-17(10-8-16)29(26,27)22-11-5-3-4-6-12-22/h7-10,21,24H,3-6,11-13H2,1-2H3/b19-18-,21-14?. The molecule has 0 aromatic heterocycles. The molecule has 1 saturated heterocycles.